The van der Waals surface area contributed by atoms with E-state index in [1.807, 2.05) is 0 Å². The molecule has 0 atom stereocenters. The van der Waals surface area contributed by atoms with Crippen LogP contribution >= 0.6 is 0 Å². The van der Waals surface area contributed by atoms with Crippen LogP contribution in [0.3, 0.4) is 0 Å². The van der Waals surface area contributed by atoms with Gasteiger partial charge in [0.05, 0.1) is 39.0 Å². The van der Waals surface area contributed by atoms with Gasteiger partial charge in [-0.05, 0) is 126 Å². The van der Waals surface area contributed by atoms with Crippen LogP contribution in [0.15, 0.2) is 212 Å². The molecular weight excluding hydrogens is 765 g/mol. The Morgan fingerprint density at radius 1 is 0.349 bits per heavy atom. The first-order valence-corrected chi connectivity index (χ1v) is 21.8. The van der Waals surface area contributed by atoms with Gasteiger partial charge in [0.2, 0.25) is 0 Å². The van der Waals surface area contributed by atoms with Gasteiger partial charge in [-0.25, -0.2) is 4.98 Å². The van der Waals surface area contributed by atoms with Gasteiger partial charge >= 0.3 is 0 Å². The number of aromatic nitrogens is 4. The Morgan fingerprint density at radius 2 is 0.889 bits per heavy atom. The Bertz CT molecular complexity index is 3720. The number of rotatable bonds is 6. The van der Waals surface area contributed by atoms with Gasteiger partial charge in [0.25, 0.3) is 0 Å². The van der Waals surface area contributed by atoms with Crippen molar-refractivity contribution in [2.75, 3.05) is 0 Å². The predicted molar refractivity (Wildman–Crippen MR) is 263 cm³/mol. The molecule has 0 saturated heterocycles. The van der Waals surface area contributed by atoms with Crippen molar-refractivity contribution in [3.63, 3.8) is 0 Å². The summed E-state index contributed by atoms with van der Waals surface area (Å²) < 4.78 is 7.20. The highest BCUT2D eigenvalue weighted by Gasteiger charge is 2.22. The summed E-state index contributed by atoms with van der Waals surface area (Å²) in [4.78, 5) is 5.37. The lowest BCUT2D eigenvalue weighted by Crippen LogP contribution is -2.04. The van der Waals surface area contributed by atoms with E-state index in [1.165, 1.54) is 88.1 Å². The molecule has 13 rings (SSSR count). The van der Waals surface area contributed by atoms with Crippen molar-refractivity contribution in [2.24, 2.45) is 0 Å². The number of nitrogens with zero attached hydrogens (tertiary/aromatic N) is 4. The Hall–Kier alpha value is -8.21. The average Bonchev–Trinajstić information content (AvgIpc) is 3.99. The molecule has 12 aromatic rings. The minimum absolute atomic E-state index is 0.929. The molecule has 4 nitrogen and oxygen atoms in total. The van der Waals surface area contributed by atoms with Gasteiger partial charge in [0, 0.05) is 43.9 Å². The summed E-state index contributed by atoms with van der Waals surface area (Å²) in [7, 11) is 0. The molecule has 0 radical (unpaired) electrons. The third-order valence-corrected chi connectivity index (χ3v) is 13.1. The summed E-state index contributed by atoms with van der Waals surface area (Å²) in [6.07, 6.45) is 6.62. The fourth-order valence-electron chi connectivity index (χ4n) is 10.2. The normalized spacial score (nSPS) is 12.6. The maximum atomic E-state index is 5.37. The molecule has 1 aliphatic rings. The first-order valence-electron chi connectivity index (χ1n) is 21.8. The molecular formula is C59H40N4. The molecule has 8 aromatic carbocycles. The first kappa shape index (κ1) is 35.5. The minimum Gasteiger partial charge on any atom is -0.309 e. The molecule has 0 spiro atoms. The monoisotopic (exact) mass is 804 g/mol. The van der Waals surface area contributed by atoms with Crippen molar-refractivity contribution >= 4 is 60.6 Å². The van der Waals surface area contributed by atoms with Gasteiger partial charge < -0.3 is 9.13 Å². The molecule has 0 amide bonds. The second kappa shape index (κ2) is 14.2. The van der Waals surface area contributed by atoms with Crippen LogP contribution in [0.5, 0.6) is 0 Å². The second-order valence-electron chi connectivity index (χ2n) is 16.7. The first-order chi connectivity index (χ1) is 31.2. The molecule has 1 aliphatic carbocycles. The summed E-state index contributed by atoms with van der Waals surface area (Å²) in [6, 6.07) is 74.9. The largest absolute Gasteiger partial charge is 0.309 e. The van der Waals surface area contributed by atoms with Gasteiger partial charge in [-0.2, -0.15) is 0 Å². The summed E-state index contributed by atoms with van der Waals surface area (Å²) in [5.41, 5.74) is 17.7. The fraction of sp³-hybridized carbons (Fsp3) is 0.0339. The van der Waals surface area contributed by atoms with Crippen LogP contribution in [0.25, 0.3) is 111 Å². The molecule has 0 bridgehead atoms. The van der Waals surface area contributed by atoms with E-state index in [4.69, 9.17) is 4.98 Å². The van der Waals surface area contributed by atoms with E-state index < -0.39 is 0 Å². The Labute approximate surface area is 364 Å². The number of aryl methyl sites for hydroxylation is 1. The number of para-hydroxylation sites is 3. The lowest BCUT2D eigenvalue weighted by Gasteiger charge is -2.15. The van der Waals surface area contributed by atoms with Crippen LogP contribution < -0.4 is 0 Å². The van der Waals surface area contributed by atoms with Gasteiger partial charge in [-0.3, -0.25) is 4.57 Å². The molecule has 4 aromatic heterocycles. The van der Waals surface area contributed by atoms with E-state index in [2.05, 4.69) is 232 Å². The zero-order valence-electron chi connectivity index (χ0n) is 34.5. The zero-order chi connectivity index (χ0) is 41.4. The van der Waals surface area contributed by atoms with Crippen molar-refractivity contribution in [3.8, 4) is 50.7 Å². The lowest BCUT2D eigenvalue weighted by molar-refractivity contribution is 0.953. The van der Waals surface area contributed by atoms with Gasteiger partial charge in [0.1, 0.15) is 5.82 Å². The zero-order valence-corrected chi connectivity index (χ0v) is 34.5. The molecule has 0 saturated carbocycles. The van der Waals surface area contributed by atoms with E-state index in [0.29, 0.717) is 0 Å². The van der Waals surface area contributed by atoms with Crippen LogP contribution in [0, 0.1) is 0 Å². The highest BCUT2D eigenvalue weighted by molar-refractivity contribution is 6.13. The van der Waals surface area contributed by atoms with Crippen molar-refractivity contribution in [1.82, 2.24) is 18.7 Å². The van der Waals surface area contributed by atoms with Crippen LogP contribution in [-0.4, -0.2) is 18.7 Å². The summed E-state index contributed by atoms with van der Waals surface area (Å²) in [6.45, 7) is 0. The van der Waals surface area contributed by atoms with Crippen molar-refractivity contribution < 1.29 is 0 Å². The number of hydrogen-bond donors (Lipinski definition) is 0. The van der Waals surface area contributed by atoms with Crippen molar-refractivity contribution in [1.29, 1.82) is 0 Å². The molecule has 0 fully saturated rings. The Kier molecular flexibility index (Phi) is 8.00. The molecule has 63 heavy (non-hydrogen) atoms. The third kappa shape index (κ3) is 5.65. The number of hydrogen-bond acceptors (Lipinski definition) is 1. The van der Waals surface area contributed by atoms with E-state index in [1.54, 1.807) is 0 Å². The average molecular weight is 805 g/mol. The predicted octanol–water partition coefficient (Wildman–Crippen LogP) is 15.2. The number of allylic oxidation sites excluding steroid dienone is 1. The molecule has 296 valence electrons. The van der Waals surface area contributed by atoms with Crippen molar-refractivity contribution in [2.45, 2.75) is 12.8 Å². The smallest absolute Gasteiger partial charge is 0.138 e. The van der Waals surface area contributed by atoms with Gasteiger partial charge in [-0.15, -0.1) is 0 Å². The summed E-state index contributed by atoms with van der Waals surface area (Å²) >= 11 is 0. The molecule has 0 aliphatic heterocycles. The highest BCUT2D eigenvalue weighted by Crippen LogP contribution is 2.41. The van der Waals surface area contributed by atoms with E-state index in [9.17, 15) is 0 Å². The molecule has 4 heterocycles. The number of fused-ring (bicyclic) bond motifs is 9. The summed E-state index contributed by atoms with van der Waals surface area (Å²) in [5, 5.41) is 6.26. The topological polar surface area (TPSA) is 27.7 Å². The SMILES string of the molecule is C1=Cc2c(c3cc(-c4ccc5c(c4)c4ccccc4n5-c4ccc5c(c4)c4ccccc4n5-c4ccccc4)ccc3n2-c2cc(-c3ccccc3)cc(-c3ccccc3)n2)CC1. The van der Waals surface area contributed by atoms with E-state index in [0.717, 1.165) is 41.2 Å². The molecule has 4 heteroatoms. The molecule has 0 N–H and O–H groups in total. The van der Waals surface area contributed by atoms with Crippen molar-refractivity contribution in [3.05, 3.63) is 224 Å². The van der Waals surface area contributed by atoms with Crippen LogP contribution in [0.2, 0.25) is 0 Å². The second-order valence-corrected chi connectivity index (χ2v) is 16.7. The van der Waals surface area contributed by atoms with E-state index in [-0.39, 0.29) is 0 Å². The van der Waals surface area contributed by atoms with Crippen LogP contribution in [0.1, 0.15) is 17.7 Å². The van der Waals surface area contributed by atoms with Gasteiger partial charge in [-0.1, -0.05) is 133 Å². The number of benzene rings is 8. The summed E-state index contributed by atoms with van der Waals surface area (Å²) in [5.74, 6) is 0.929. The fourth-order valence-corrected chi connectivity index (χ4v) is 10.2. The maximum absolute atomic E-state index is 5.37. The van der Waals surface area contributed by atoms with Gasteiger partial charge in [0.15, 0.2) is 0 Å². The third-order valence-electron chi connectivity index (χ3n) is 13.1. The Balaban J connectivity index is 0.960. The molecule has 0 unspecified atom stereocenters. The minimum atomic E-state index is 0.929. The van der Waals surface area contributed by atoms with E-state index >= 15 is 0 Å². The number of pyridine rings is 1. The maximum Gasteiger partial charge on any atom is 0.138 e. The lowest BCUT2D eigenvalue weighted by atomic mass is 9.97. The highest BCUT2D eigenvalue weighted by atomic mass is 15.1. The quantitative estimate of drug-likeness (QED) is 0.164. The standard InChI is InChI=1S/C59H40N4/c1-4-16-39(17-5-1)43-36-52(40-18-6-2-7-19-40)60-59(37-43)63-55-27-15-12-23-47(55)50-35-42(29-32-58(50)63)41-28-31-56-49(34-41)46-22-10-14-26-54(46)62(56)45-30-33-57-51(38-45)48-24-11-13-25-53(48)61(57)44-20-8-3-9-21-44/h1-11,13-22,24-38H,12,23H2. The Morgan fingerprint density at radius 3 is 1.59 bits per heavy atom. The van der Waals surface area contributed by atoms with Crippen LogP contribution in [0.4, 0.5) is 0 Å². The van der Waals surface area contributed by atoms with Crippen LogP contribution in [-0.2, 0) is 6.42 Å².